The van der Waals surface area contributed by atoms with Crippen LogP contribution in [-0.2, 0) is 6.42 Å². The van der Waals surface area contributed by atoms with Crippen LogP contribution in [0.3, 0.4) is 0 Å². The number of nitrogens with zero attached hydrogens (tertiary/aromatic N) is 2. The lowest BCUT2D eigenvalue weighted by Crippen LogP contribution is -2.51. The van der Waals surface area contributed by atoms with Gasteiger partial charge in [-0.3, -0.25) is 0 Å². The number of hydrogen-bond acceptors (Lipinski definition) is 2. The van der Waals surface area contributed by atoms with E-state index in [9.17, 15) is 0 Å². The van der Waals surface area contributed by atoms with Crippen molar-refractivity contribution in [1.82, 2.24) is 0 Å². The Bertz CT molecular complexity index is 1170. The summed E-state index contributed by atoms with van der Waals surface area (Å²) in [7, 11) is 0. The van der Waals surface area contributed by atoms with E-state index in [1.165, 1.54) is 48.1 Å². The maximum Gasteiger partial charge on any atom is 0.0651 e. The van der Waals surface area contributed by atoms with Gasteiger partial charge in [-0.05, 0) is 75.7 Å². The first-order valence-electron chi connectivity index (χ1n) is 15.7. The zero-order chi connectivity index (χ0) is 28.7. The normalized spacial score (nSPS) is 25.8. The smallest absolute Gasteiger partial charge is 0.0651 e. The fourth-order valence-electron chi connectivity index (χ4n) is 8.35. The van der Waals surface area contributed by atoms with E-state index in [-0.39, 0.29) is 21.7 Å². The van der Waals surface area contributed by atoms with E-state index in [4.69, 9.17) is 0 Å². The monoisotopic (exact) mass is 528 g/mol. The minimum atomic E-state index is 0.212. The average molecular weight is 529 g/mol. The Labute approximate surface area is 240 Å². The van der Waals surface area contributed by atoms with E-state index in [0.717, 1.165) is 6.42 Å². The van der Waals surface area contributed by atoms with Crippen molar-refractivity contribution in [3.8, 4) is 11.1 Å². The van der Waals surface area contributed by atoms with Gasteiger partial charge in [-0.1, -0.05) is 113 Å². The second-order valence-electron chi connectivity index (χ2n) is 17.3. The predicted molar refractivity (Wildman–Crippen MR) is 171 cm³/mol. The Morgan fingerprint density at radius 3 is 1.41 bits per heavy atom. The number of rotatable bonds is 2. The summed E-state index contributed by atoms with van der Waals surface area (Å²) in [5.41, 5.74) is 9.91. The third-order valence-corrected chi connectivity index (χ3v) is 10.2. The zero-order valence-electron chi connectivity index (χ0n) is 27.2. The maximum atomic E-state index is 2.97. The van der Waals surface area contributed by atoms with Crippen molar-refractivity contribution in [1.29, 1.82) is 0 Å². The highest BCUT2D eigenvalue weighted by molar-refractivity contribution is 5.90. The summed E-state index contributed by atoms with van der Waals surface area (Å²) in [6.45, 7) is 29.6. The molecule has 2 fully saturated rings. The highest BCUT2D eigenvalue weighted by Crippen LogP contribution is 2.56. The minimum absolute atomic E-state index is 0.212. The van der Waals surface area contributed by atoms with Crippen molar-refractivity contribution in [3.63, 3.8) is 0 Å². The van der Waals surface area contributed by atoms with Gasteiger partial charge in [-0.25, -0.2) is 0 Å². The number of benzene rings is 2. The molecule has 214 valence electrons. The van der Waals surface area contributed by atoms with Crippen LogP contribution in [0.2, 0.25) is 0 Å². The Morgan fingerprint density at radius 2 is 0.949 bits per heavy atom. The molecule has 3 aliphatic rings. The number of hydrogen-bond donors (Lipinski definition) is 0. The van der Waals surface area contributed by atoms with E-state index in [1.807, 2.05) is 0 Å². The molecule has 2 aromatic carbocycles. The molecular weight excluding hydrogens is 472 g/mol. The SMILES string of the molecule is CC(C)(C)C1CCC(C(C)(C)C)N1c1ccc2c(c1N1C(C(C)(C)C)CCC1C(C)(C)C)Cc1ccccc1-2. The quantitative estimate of drug-likeness (QED) is 0.326. The minimum Gasteiger partial charge on any atom is -0.363 e. The van der Waals surface area contributed by atoms with Gasteiger partial charge in [0, 0.05) is 30.6 Å². The first-order chi connectivity index (χ1) is 17.9. The maximum absolute atomic E-state index is 2.97. The van der Waals surface area contributed by atoms with Crippen molar-refractivity contribution in [3.05, 3.63) is 47.5 Å². The molecule has 0 bridgehead atoms. The van der Waals surface area contributed by atoms with Crippen LogP contribution < -0.4 is 9.80 Å². The molecular formula is C37H56N2. The van der Waals surface area contributed by atoms with Crippen LogP contribution in [0.25, 0.3) is 11.1 Å². The molecule has 5 rings (SSSR count). The topological polar surface area (TPSA) is 6.48 Å². The van der Waals surface area contributed by atoms with E-state index in [2.05, 4.69) is 129 Å². The van der Waals surface area contributed by atoms with Gasteiger partial charge in [-0.2, -0.15) is 0 Å². The lowest BCUT2D eigenvalue weighted by atomic mass is 9.82. The standard InChI is InChI=1S/C37H56N2/c1-34(2,3)29-19-20-30(35(4,5)6)38(29)28-18-17-26-25-16-14-13-15-24(25)23-27(26)33(28)39-31(36(7,8)9)21-22-32(39)37(10,11)12/h13-18,29-32H,19-23H2,1-12H3. The highest BCUT2D eigenvalue weighted by Gasteiger charge is 2.50. The molecule has 2 nitrogen and oxygen atoms in total. The molecule has 2 saturated heterocycles. The van der Waals surface area contributed by atoms with Crippen LogP contribution in [-0.4, -0.2) is 24.2 Å². The summed E-state index contributed by atoms with van der Waals surface area (Å²) in [5, 5.41) is 0. The summed E-state index contributed by atoms with van der Waals surface area (Å²) >= 11 is 0. The molecule has 0 aromatic heterocycles. The molecule has 2 aliphatic heterocycles. The van der Waals surface area contributed by atoms with Gasteiger partial charge in [-0.15, -0.1) is 0 Å². The van der Waals surface area contributed by atoms with Crippen molar-refractivity contribution in [2.24, 2.45) is 21.7 Å². The third-order valence-electron chi connectivity index (χ3n) is 10.2. The molecule has 1 aliphatic carbocycles. The van der Waals surface area contributed by atoms with Crippen LogP contribution in [0.4, 0.5) is 11.4 Å². The Morgan fingerprint density at radius 1 is 0.513 bits per heavy atom. The summed E-state index contributed by atoms with van der Waals surface area (Å²) in [5.74, 6) is 0. The average Bonchev–Trinajstić information content (AvgIpc) is 3.51. The van der Waals surface area contributed by atoms with Crippen LogP contribution >= 0.6 is 0 Å². The van der Waals surface area contributed by atoms with Crippen LogP contribution in [0.5, 0.6) is 0 Å². The zero-order valence-corrected chi connectivity index (χ0v) is 27.2. The van der Waals surface area contributed by atoms with Crippen LogP contribution in [0.1, 0.15) is 120 Å². The molecule has 4 atom stereocenters. The Hall–Kier alpha value is -1.96. The van der Waals surface area contributed by atoms with Gasteiger partial charge in [0.25, 0.3) is 0 Å². The van der Waals surface area contributed by atoms with Gasteiger partial charge < -0.3 is 9.80 Å². The molecule has 2 heteroatoms. The molecule has 0 amide bonds. The lowest BCUT2D eigenvalue weighted by Gasteiger charge is -2.49. The van der Waals surface area contributed by atoms with Gasteiger partial charge in [0.05, 0.1) is 11.4 Å². The van der Waals surface area contributed by atoms with Crippen LogP contribution in [0.15, 0.2) is 36.4 Å². The molecule has 2 heterocycles. The summed E-state index contributed by atoms with van der Waals surface area (Å²) in [4.78, 5) is 5.90. The summed E-state index contributed by atoms with van der Waals surface area (Å²) < 4.78 is 0. The fraction of sp³-hybridized carbons (Fsp3) is 0.676. The third kappa shape index (κ3) is 4.93. The number of fused-ring (bicyclic) bond motifs is 3. The van der Waals surface area contributed by atoms with Gasteiger partial charge >= 0.3 is 0 Å². The highest BCUT2D eigenvalue weighted by atomic mass is 15.3. The number of anilines is 2. The molecule has 0 radical (unpaired) electrons. The molecule has 2 aromatic rings. The Kier molecular flexibility index (Phi) is 6.80. The van der Waals surface area contributed by atoms with Crippen molar-refractivity contribution in [2.75, 3.05) is 9.80 Å². The Balaban J connectivity index is 1.81. The molecule has 0 saturated carbocycles. The second kappa shape index (κ2) is 9.28. The van der Waals surface area contributed by atoms with Crippen LogP contribution in [0, 0.1) is 21.7 Å². The molecule has 0 spiro atoms. The molecule has 0 N–H and O–H groups in total. The van der Waals surface area contributed by atoms with Gasteiger partial charge in [0.15, 0.2) is 0 Å². The van der Waals surface area contributed by atoms with E-state index in [1.54, 1.807) is 11.3 Å². The summed E-state index contributed by atoms with van der Waals surface area (Å²) in [6.07, 6.45) is 6.13. The van der Waals surface area contributed by atoms with Gasteiger partial charge in [0.2, 0.25) is 0 Å². The van der Waals surface area contributed by atoms with Crippen molar-refractivity contribution >= 4 is 11.4 Å². The molecule has 39 heavy (non-hydrogen) atoms. The predicted octanol–water partition coefficient (Wildman–Crippen LogP) is 10.1. The van der Waals surface area contributed by atoms with E-state index >= 15 is 0 Å². The van der Waals surface area contributed by atoms with Crippen molar-refractivity contribution in [2.45, 2.75) is 139 Å². The second-order valence-corrected chi connectivity index (χ2v) is 17.3. The fourth-order valence-corrected chi connectivity index (χ4v) is 8.35. The first-order valence-corrected chi connectivity index (χ1v) is 15.7. The van der Waals surface area contributed by atoms with Crippen molar-refractivity contribution < 1.29 is 0 Å². The summed E-state index contributed by atoms with van der Waals surface area (Å²) in [6, 6.07) is 16.3. The van der Waals surface area contributed by atoms with E-state index < -0.39 is 0 Å². The van der Waals surface area contributed by atoms with Gasteiger partial charge in [0.1, 0.15) is 0 Å². The molecule has 4 unspecified atom stereocenters. The first kappa shape index (κ1) is 28.6. The van der Waals surface area contributed by atoms with E-state index in [0.29, 0.717) is 24.2 Å². The largest absolute Gasteiger partial charge is 0.363 e. The lowest BCUT2D eigenvalue weighted by molar-refractivity contribution is 0.275.